The van der Waals surface area contributed by atoms with Crippen molar-refractivity contribution in [3.63, 3.8) is 0 Å². The summed E-state index contributed by atoms with van der Waals surface area (Å²) in [5, 5.41) is 17.3. The molecule has 1 aromatic carbocycles. The van der Waals surface area contributed by atoms with E-state index in [1.165, 1.54) is 0 Å². The molecule has 0 bridgehead atoms. The molecule has 3 N–H and O–H groups in total. The molecule has 0 saturated carbocycles. The molecule has 0 fully saturated rings. The molecule has 0 aliphatic carbocycles. The second-order valence-electron chi connectivity index (χ2n) is 6.22. The van der Waals surface area contributed by atoms with Crippen LogP contribution in [0.5, 0.6) is 0 Å². The van der Waals surface area contributed by atoms with Gasteiger partial charge in [-0.15, -0.1) is 0 Å². The van der Waals surface area contributed by atoms with Crippen LogP contribution in [0.2, 0.25) is 0 Å². The Morgan fingerprint density at radius 3 is 2.50 bits per heavy atom. The number of benzene rings is 1. The first kappa shape index (κ1) is 16.3. The van der Waals surface area contributed by atoms with Gasteiger partial charge < -0.3 is 20.1 Å². The number of carbonyl (C=O) groups is 1. The van der Waals surface area contributed by atoms with Gasteiger partial charge in [-0.1, -0.05) is 26.0 Å². The lowest BCUT2D eigenvalue weighted by Crippen LogP contribution is -3.00. The first-order chi connectivity index (χ1) is 10.4. The molecule has 2 rings (SSSR count). The van der Waals surface area contributed by atoms with Crippen molar-refractivity contribution in [2.24, 2.45) is 11.0 Å². The Morgan fingerprint density at radius 2 is 2.00 bits per heavy atom. The first-order valence-corrected chi connectivity index (χ1v) is 7.54. The van der Waals surface area contributed by atoms with Gasteiger partial charge in [0.25, 0.3) is 0 Å². The number of rotatable bonds is 6. The van der Waals surface area contributed by atoms with Gasteiger partial charge in [0.1, 0.15) is 6.04 Å². The summed E-state index contributed by atoms with van der Waals surface area (Å²) in [6.45, 7) is 3.77. The number of nitrogens with one attached hydrogen (secondary N) is 1. The Kier molecular flexibility index (Phi) is 5.03. The van der Waals surface area contributed by atoms with Crippen LogP contribution < -0.4 is 20.7 Å². The number of hydrogen-bond acceptors (Lipinski definition) is 5. The van der Waals surface area contributed by atoms with Crippen LogP contribution >= 0.6 is 0 Å². The van der Waals surface area contributed by atoms with Crippen molar-refractivity contribution >= 4 is 17.4 Å². The van der Waals surface area contributed by atoms with Crippen LogP contribution in [0.4, 0.5) is 5.69 Å². The minimum atomic E-state index is -1.03. The second-order valence-corrected chi connectivity index (χ2v) is 6.22. The fourth-order valence-electron chi connectivity index (χ4n) is 2.53. The minimum Gasteiger partial charge on any atom is -0.544 e. The van der Waals surface area contributed by atoms with Gasteiger partial charge in [-0.2, -0.15) is 5.10 Å². The number of carboxylic acids is 1. The van der Waals surface area contributed by atoms with Crippen molar-refractivity contribution in [3.8, 4) is 0 Å². The van der Waals surface area contributed by atoms with E-state index in [1.54, 1.807) is 5.32 Å². The predicted octanol–water partition coefficient (Wildman–Crippen LogP) is -0.886. The maximum atomic E-state index is 11.2. The van der Waals surface area contributed by atoms with Crippen LogP contribution in [0.1, 0.15) is 25.8 Å². The van der Waals surface area contributed by atoms with Gasteiger partial charge in [0.2, 0.25) is 0 Å². The van der Waals surface area contributed by atoms with Gasteiger partial charge in [0.15, 0.2) is 6.17 Å². The lowest BCUT2D eigenvalue weighted by molar-refractivity contribution is -0.723. The first-order valence-electron chi connectivity index (χ1n) is 7.54. The van der Waals surface area contributed by atoms with Crippen molar-refractivity contribution in [2.75, 3.05) is 19.0 Å². The number of aliphatic carboxylic acids is 1. The molecule has 0 aromatic heterocycles. The summed E-state index contributed by atoms with van der Waals surface area (Å²) in [5.41, 5.74) is 6.16. The summed E-state index contributed by atoms with van der Waals surface area (Å²) in [6.07, 6.45) is 0.631. The summed E-state index contributed by atoms with van der Waals surface area (Å²) in [5.74, 6) is -1.02. The standard InChI is InChI=1S/C16H24N4O2/c1-10(2)15(16(21)22)17-14-9-13(18-19-14)11-5-7-12(8-6-11)20(3)4/h5-8,10,14-15,17,19H,9H2,1-4H3,(H,21,22)/t14-,15-/m1/s1. The Balaban J connectivity index is 1.98. The molecule has 1 heterocycles. The van der Waals surface area contributed by atoms with Crippen molar-refractivity contribution in [1.29, 1.82) is 0 Å². The largest absolute Gasteiger partial charge is 0.544 e. The molecule has 1 aliphatic rings. The van der Waals surface area contributed by atoms with Gasteiger partial charge in [0, 0.05) is 25.7 Å². The van der Waals surface area contributed by atoms with E-state index < -0.39 is 12.0 Å². The average Bonchev–Trinajstić information content (AvgIpc) is 2.92. The van der Waals surface area contributed by atoms with Crippen molar-refractivity contribution in [3.05, 3.63) is 29.8 Å². The Hall–Kier alpha value is -2.08. The molecule has 0 spiro atoms. The zero-order valence-corrected chi connectivity index (χ0v) is 13.5. The van der Waals surface area contributed by atoms with Gasteiger partial charge in [-0.25, -0.2) is 0 Å². The molecule has 2 atom stereocenters. The van der Waals surface area contributed by atoms with Gasteiger partial charge >= 0.3 is 0 Å². The van der Waals surface area contributed by atoms with Crippen molar-refractivity contribution < 1.29 is 15.2 Å². The quantitative estimate of drug-likeness (QED) is 0.714. The molecule has 22 heavy (non-hydrogen) atoms. The number of quaternary nitrogens is 1. The highest BCUT2D eigenvalue weighted by Gasteiger charge is 2.28. The molecule has 1 aliphatic heterocycles. The number of carbonyl (C=O) groups excluding carboxylic acids is 1. The Morgan fingerprint density at radius 1 is 1.36 bits per heavy atom. The van der Waals surface area contributed by atoms with E-state index in [0.717, 1.165) is 17.0 Å². The zero-order valence-electron chi connectivity index (χ0n) is 13.5. The highest BCUT2D eigenvalue weighted by atomic mass is 16.4. The van der Waals surface area contributed by atoms with Crippen LogP contribution in [0.3, 0.4) is 0 Å². The number of nitrogens with zero attached hydrogens (tertiary/aromatic N) is 2. The van der Waals surface area contributed by atoms with Crippen LogP contribution in [0, 0.1) is 5.92 Å². The lowest BCUT2D eigenvalue weighted by Gasteiger charge is -2.23. The van der Waals surface area contributed by atoms with Crippen LogP contribution in [-0.4, -0.2) is 38.0 Å². The number of nitrogens with two attached hydrogens (primary N) is 1. The highest BCUT2D eigenvalue weighted by molar-refractivity contribution is 6.01. The minimum absolute atomic E-state index is 0.00947. The summed E-state index contributed by atoms with van der Waals surface area (Å²) in [4.78, 5) is 13.2. The molecule has 0 radical (unpaired) electrons. The molecule has 0 amide bonds. The predicted molar refractivity (Wildman–Crippen MR) is 84.4 cm³/mol. The van der Waals surface area contributed by atoms with Crippen LogP contribution in [-0.2, 0) is 4.79 Å². The molecule has 0 saturated heterocycles. The molecule has 120 valence electrons. The summed E-state index contributed by atoms with van der Waals surface area (Å²) in [7, 11) is 4.00. The zero-order chi connectivity index (χ0) is 16.3. The molecule has 6 nitrogen and oxygen atoms in total. The van der Waals surface area contributed by atoms with E-state index in [4.69, 9.17) is 0 Å². The van der Waals surface area contributed by atoms with Crippen LogP contribution in [0.15, 0.2) is 29.4 Å². The van der Waals surface area contributed by atoms with Gasteiger partial charge in [-0.3, -0.25) is 5.43 Å². The third-order valence-corrected chi connectivity index (χ3v) is 3.93. The number of hydrazone groups is 1. The molecular formula is C16H24N4O2. The fraction of sp³-hybridized carbons (Fsp3) is 0.500. The lowest BCUT2D eigenvalue weighted by atomic mass is 10.0. The van der Waals surface area contributed by atoms with Gasteiger partial charge in [0.05, 0.1) is 18.1 Å². The van der Waals surface area contributed by atoms with E-state index in [2.05, 4.69) is 10.5 Å². The molecule has 6 heteroatoms. The van der Waals surface area contributed by atoms with E-state index in [9.17, 15) is 9.90 Å². The maximum absolute atomic E-state index is 11.2. The SMILES string of the molecule is CC(C)[C@@H]([NH2+][C@H]1CC(c2ccc(N(C)C)cc2)=NN1)C(=O)[O-]. The summed E-state index contributed by atoms with van der Waals surface area (Å²) in [6, 6.07) is 7.61. The molecule has 1 aromatic rings. The summed E-state index contributed by atoms with van der Waals surface area (Å²) >= 11 is 0. The van der Waals surface area contributed by atoms with E-state index in [0.29, 0.717) is 6.42 Å². The Labute approximate surface area is 131 Å². The van der Waals surface area contributed by atoms with E-state index in [1.807, 2.05) is 57.1 Å². The topological polar surface area (TPSA) is 84.4 Å². The smallest absolute Gasteiger partial charge is 0.180 e. The van der Waals surface area contributed by atoms with Crippen molar-refractivity contribution in [1.82, 2.24) is 5.43 Å². The highest BCUT2D eigenvalue weighted by Crippen LogP contribution is 2.15. The summed E-state index contributed by atoms with van der Waals surface area (Å²) < 4.78 is 0. The second kappa shape index (κ2) is 6.79. The Bertz CT molecular complexity index is 552. The van der Waals surface area contributed by atoms with E-state index >= 15 is 0 Å². The molecular weight excluding hydrogens is 280 g/mol. The third-order valence-electron chi connectivity index (χ3n) is 3.93. The monoisotopic (exact) mass is 304 g/mol. The fourth-order valence-corrected chi connectivity index (χ4v) is 2.53. The third kappa shape index (κ3) is 3.76. The van der Waals surface area contributed by atoms with Gasteiger partial charge in [-0.05, 0) is 17.7 Å². The number of carboxylic acid groups (broad SMARTS) is 1. The average molecular weight is 304 g/mol. The number of anilines is 1. The molecule has 0 unspecified atom stereocenters. The maximum Gasteiger partial charge on any atom is 0.180 e. The van der Waals surface area contributed by atoms with Crippen LogP contribution in [0.25, 0.3) is 0 Å². The van der Waals surface area contributed by atoms with Crippen molar-refractivity contribution in [2.45, 2.75) is 32.5 Å². The normalized spacial score (nSPS) is 18.8. The van der Waals surface area contributed by atoms with E-state index in [-0.39, 0.29) is 12.1 Å². The number of hydrogen-bond donors (Lipinski definition) is 2.